The van der Waals surface area contributed by atoms with Crippen LogP contribution in [0.5, 0.6) is 0 Å². The van der Waals surface area contributed by atoms with E-state index in [0.29, 0.717) is 5.56 Å². The highest BCUT2D eigenvalue weighted by molar-refractivity contribution is 7.89. The summed E-state index contributed by atoms with van der Waals surface area (Å²) in [4.78, 5) is 22.9. The predicted octanol–water partition coefficient (Wildman–Crippen LogP) is 2.70. The summed E-state index contributed by atoms with van der Waals surface area (Å²) in [5.41, 5.74) is 1.44. The fraction of sp³-hybridized carbons (Fsp3) is 0.364. The number of hydrogen-bond donors (Lipinski definition) is 4. The van der Waals surface area contributed by atoms with Crippen LogP contribution in [0.25, 0.3) is 11.1 Å². The van der Waals surface area contributed by atoms with E-state index in [4.69, 9.17) is 0 Å². The molecule has 0 amide bonds. The summed E-state index contributed by atoms with van der Waals surface area (Å²) in [5, 5.41) is 21.3. The Hall–Kier alpha value is -2.82. The molecule has 0 fully saturated rings. The third-order valence-corrected chi connectivity index (χ3v) is 6.25. The second-order valence-corrected chi connectivity index (χ2v) is 9.56. The molecule has 0 saturated heterocycles. The van der Waals surface area contributed by atoms with Crippen molar-refractivity contribution in [3.8, 4) is 11.1 Å². The van der Waals surface area contributed by atoms with E-state index in [2.05, 4.69) is 10.0 Å². The summed E-state index contributed by atoms with van der Waals surface area (Å²) in [6, 6.07) is 9.49. The SMILES string of the molecule is CC(C)C[C@H](N[C@@H](CCNS(=O)(=O)c1ccc(-c2ccc(F)cc2)cc1)C(=O)O)C(=O)O. The molecule has 32 heavy (non-hydrogen) atoms. The first-order valence-electron chi connectivity index (χ1n) is 10.1. The molecular weight excluding hydrogens is 439 g/mol. The molecule has 174 valence electrons. The molecule has 4 N–H and O–H groups in total. The third kappa shape index (κ3) is 7.40. The van der Waals surface area contributed by atoms with Crippen LogP contribution in [0.4, 0.5) is 4.39 Å². The fourth-order valence-electron chi connectivity index (χ4n) is 3.12. The molecule has 0 spiro atoms. The van der Waals surface area contributed by atoms with E-state index >= 15 is 0 Å². The molecule has 2 aromatic carbocycles. The van der Waals surface area contributed by atoms with E-state index in [1.54, 1.807) is 24.3 Å². The topological polar surface area (TPSA) is 133 Å². The zero-order chi connectivity index (χ0) is 23.9. The van der Waals surface area contributed by atoms with Gasteiger partial charge in [-0.3, -0.25) is 14.9 Å². The molecule has 10 heteroatoms. The lowest BCUT2D eigenvalue weighted by Gasteiger charge is -2.21. The highest BCUT2D eigenvalue weighted by Gasteiger charge is 2.27. The van der Waals surface area contributed by atoms with Gasteiger partial charge in [0.15, 0.2) is 0 Å². The van der Waals surface area contributed by atoms with Crippen molar-refractivity contribution in [1.29, 1.82) is 0 Å². The maximum Gasteiger partial charge on any atom is 0.320 e. The standard InChI is InChI=1S/C22H27FN2O6S/c1-14(2)13-20(22(28)29)25-19(21(26)27)11-12-24-32(30,31)18-9-5-16(6-10-18)15-3-7-17(23)8-4-15/h3-10,14,19-20,24-25H,11-13H2,1-2H3,(H,26,27)(H,28,29)/t19-,20-/m0/s1. The van der Waals surface area contributed by atoms with Crippen LogP contribution in [0, 0.1) is 11.7 Å². The molecule has 8 nitrogen and oxygen atoms in total. The van der Waals surface area contributed by atoms with Gasteiger partial charge in [0.25, 0.3) is 0 Å². The zero-order valence-electron chi connectivity index (χ0n) is 17.8. The Morgan fingerprint density at radius 2 is 1.41 bits per heavy atom. The number of nitrogens with one attached hydrogen (secondary N) is 2. The molecule has 0 aliphatic carbocycles. The van der Waals surface area contributed by atoms with Crippen LogP contribution in [-0.4, -0.2) is 49.2 Å². The van der Waals surface area contributed by atoms with Crippen LogP contribution >= 0.6 is 0 Å². The van der Waals surface area contributed by atoms with Crippen LogP contribution in [-0.2, 0) is 19.6 Å². The second kappa shape index (κ2) is 11.2. The van der Waals surface area contributed by atoms with E-state index in [1.165, 1.54) is 24.3 Å². The number of rotatable bonds is 12. The Balaban J connectivity index is 2.00. The van der Waals surface area contributed by atoms with E-state index in [1.807, 2.05) is 13.8 Å². The monoisotopic (exact) mass is 466 g/mol. The highest BCUT2D eigenvalue weighted by atomic mass is 32.2. The largest absolute Gasteiger partial charge is 0.480 e. The highest BCUT2D eigenvalue weighted by Crippen LogP contribution is 2.21. The van der Waals surface area contributed by atoms with Crippen molar-refractivity contribution in [2.45, 2.75) is 43.7 Å². The van der Waals surface area contributed by atoms with Crippen molar-refractivity contribution < 1.29 is 32.6 Å². The molecule has 2 aromatic rings. The number of hydrogen-bond acceptors (Lipinski definition) is 5. The molecule has 2 atom stereocenters. The molecule has 0 aromatic heterocycles. The minimum absolute atomic E-state index is 0.00795. The van der Waals surface area contributed by atoms with Gasteiger partial charge in [-0.25, -0.2) is 17.5 Å². The Kier molecular flexibility index (Phi) is 8.88. The van der Waals surface area contributed by atoms with Crippen LogP contribution in [0.3, 0.4) is 0 Å². The van der Waals surface area contributed by atoms with Gasteiger partial charge in [-0.1, -0.05) is 38.1 Å². The number of benzene rings is 2. The van der Waals surface area contributed by atoms with Crippen LogP contribution in [0.2, 0.25) is 0 Å². The average molecular weight is 467 g/mol. The molecule has 0 radical (unpaired) electrons. The van der Waals surface area contributed by atoms with Crippen LogP contribution < -0.4 is 10.0 Å². The van der Waals surface area contributed by atoms with Gasteiger partial charge >= 0.3 is 11.9 Å². The number of carbonyl (C=O) groups is 2. The van der Waals surface area contributed by atoms with Gasteiger partial charge in [0.05, 0.1) is 4.90 Å². The van der Waals surface area contributed by atoms with Gasteiger partial charge in [-0.15, -0.1) is 0 Å². The molecule has 0 aliphatic heterocycles. The second-order valence-electron chi connectivity index (χ2n) is 7.80. The quantitative estimate of drug-likeness (QED) is 0.378. The van der Waals surface area contributed by atoms with E-state index in [9.17, 15) is 32.6 Å². The Morgan fingerprint density at radius 1 is 0.906 bits per heavy atom. The summed E-state index contributed by atoms with van der Waals surface area (Å²) in [6.07, 6.45) is 0.106. The van der Waals surface area contributed by atoms with Crippen LogP contribution in [0.15, 0.2) is 53.4 Å². The van der Waals surface area contributed by atoms with Gasteiger partial charge in [-0.05, 0) is 54.2 Å². The Labute approximate surface area is 186 Å². The molecular formula is C22H27FN2O6S. The lowest BCUT2D eigenvalue weighted by Crippen LogP contribution is -2.48. The summed E-state index contributed by atoms with van der Waals surface area (Å²) >= 11 is 0. The first-order chi connectivity index (χ1) is 15.0. The number of carboxylic acids is 2. The summed E-state index contributed by atoms with van der Waals surface area (Å²) < 4.78 is 40.5. The number of carboxylic acid groups (broad SMARTS) is 2. The Bertz CT molecular complexity index is 1020. The predicted molar refractivity (Wildman–Crippen MR) is 117 cm³/mol. The van der Waals surface area contributed by atoms with Gasteiger partial charge < -0.3 is 10.2 Å². The van der Waals surface area contributed by atoms with E-state index in [0.717, 1.165) is 5.56 Å². The molecule has 0 aliphatic rings. The molecule has 0 bridgehead atoms. The maximum atomic E-state index is 13.1. The van der Waals surface area contributed by atoms with Crippen LogP contribution in [0.1, 0.15) is 26.7 Å². The first kappa shape index (κ1) is 25.4. The lowest BCUT2D eigenvalue weighted by molar-refractivity contribution is -0.143. The Morgan fingerprint density at radius 3 is 1.88 bits per heavy atom. The van der Waals surface area contributed by atoms with Crippen molar-refractivity contribution in [2.75, 3.05) is 6.54 Å². The molecule has 0 heterocycles. The minimum atomic E-state index is -3.90. The minimum Gasteiger partial charge on any atom is -0.480 e. The normalized spacial score (nSPS) is 13.6. The van der Waals surface area contributed by atoms with Crippen molar-refractivity contribution >= 4 is 22.0 Å². The van der Waals surface area contributed by atoms with Crippen molar-refractivity contribution in [2.24, 2.45) is 5.92 Å². The zero-order valence-corrected chi connectivity index (χ0v) is 18.6. The number of halogens is 1. The maximum absolute atomic E-state index is 13.1. The first-order valence-corrected chi connectivity index (χ1v) is 11.5. The van der Waals surface area contributed by atoms with Gasteiger partial charge in [0.1, 0.15) is 17.9 Å². The van der Waals surface area contributed by atoms with E-state index in [-0.39, 0.29) is 36.0 Å². The van der Waals surface area contributed by atoms with Crippen molar-refractivity contribution in [3.05, 3.63) is 54.3 Å². The summed E-state index contributed by atoms with van der Waals surface area (Å²) in [7, 11) is -3.90. The van der Waals surface area contributed by atoms with Crippen molar-refractivity contribution in [1.82, 2.24) is 10.0 Å². The van der Waals surface area contributed by atoms with Gasteiger partial charge in [0.2, 0.25) is 10.0 Å². The lowest BCUT2D eigenvalue weighted by atomic mass is 10.0. The summed E-state index contributed by atoms with van der Waals surface area (Å²) in [6.45, 7) is 3.45. The average Bonchev–Trinajstić information content (AvgIpc) is 2.72. The van der Waals surface area contributed by atoms with Gasteiger partial charge in [0, 0.05) is 6.54 Å². The smallest absolute Gasteiger partial charge is 0.320 e. The van der Waals surface area contributed by atoms with E-state index < -0.39 is 34.0 Å². The van der Waals surface area contributed by atoms with Crippen molar-refractivity contribution in [3.63, 3.8) is 0 Å². The fourth-order valence-corrected chi connectivity index (χ4v) is 4.17. The number of aliphatic carboxylic acids is 2. The third-order valence-electron chi connectivity index (χ3n) is 4.77. The molecule has 2 rings (SSSR count). The van der Waals surface area contributed by atoms with Gasteiger partial charge in [-0.2, -0.15) is 0 Å². The summed E-state index contributed by atoms with van der Waals surface area (Å²) in [5.74, 6) is -2.76. The number of sulfonamides is 1. The molecule has 0 saturated carbocycles. The molecule has 0 unspecified atom stereocenters.